The Hall–Kier alpha value is -1.89. The van der Waals surface area contributed by atoms with Crippen LogP contribution in [0.25, 0.3) is 0 Å². The number of rotatable bonds is 1. The molecule has 0 unspecified atom stereocenters. The van der Waals surface area contributed by atoms with E-state index in [9.17, 15) is 9.59 Å². The zero-order chi connectivity index (χ0) is 17.2. The molecular weight excluding hydrogens is 320 g/mol. The predicted octanol–water partition coefficient (Wildman–Crippen LogP) is 2.21. The summed E-state index contributed by atoms with van der Waals surface area (Å²) in [6.07, 6.45) is 2.40. The topological polar surface area (TPSA) is 75.6 Å². The molecule has 7 nitrogen and oxygen atoms in total. The SMILES string of the molecule is C[C@@H]1CN(C(=O)c2cncc(Cl)n2)CCN1C(=O)OC(C)(C)C. The van der Waals surface area contributed by atoms with E-state index in [2.05, 4.69) is 9.97 Å². The van der Waals surface area contributed by atoms with Crippen LogP contribution < -0.4 is 0 Å². The van der Waals surface area contributed by atoms with Crippen LogP contribution >= 0.6 is 11.6 Å². The van der Waals surface area contributed by atoms with Crippen LogP contribution in [0.5, 0.6) is 0 Å². The standard InChI is InChI=1S/C15H21ClN4O3/c1-10-9-19(13(21)11-7-17-8-12(16)18-11)5-6-20(10)14(22)23-15(2,3)4/h7-8,10H,5-6,9H2,1-4H3/t10-/m1/s1. The normalized spacial score (nSPS) is 18.7. The van der Waals surface area contributed by atoms with Gasteiger partial charge in [-0.05, 0) is 27.7 Å². The minimum Gasteiger partial charge on any atom is -0.444 e. The van der Waals surface area contributed by atoms with E-state index in [0.29, 0.717) is 19.6 Å². The molecule has 126 valence electrons. The Bertz CT molecular complexity index is 603. The third kappa shape index (κ3) is 4.54. The Kier molecular flexibility index (Phi) is 5.09. The molecule has 1 fully saturated rings. The first-order valence-electron chi connectivity index (χ1n) is 7.44. The van der Waals surface area contributed by atoms with Gasteiger partial charge in [0.15, 0.2) is 0 Å². The summed E-state index contributed by atoms with van der Waals surface area (Å²) in [5.41, 5.74) is -0.337. The molecule has 0 bridgehead atoms. The second-order valence-corrected chi connectivity index (χ2v) is 6.89. The number of aromatic nitrogens is 2. The summed E-state index contributed by atoms with van der Waals surface area (Å²) < 4.78 is 5.39. The summed E-state index contributed by atoms with van der Waals surface area (Å²) in [5.74, 6) is -0.240. The van der Waals surface area contributed by atoms with E-state index >= 15 is 0 Å². The fourth-order valence-electron chi connectivity index (χ4n) is 2.34. The molecule has 0 radical (unpaired) electrons. The molecule has 0 saturated carbocycles. The number of ether oxygens (including phenoxy) is 1. The zero-order valence-electron chi connectivity index (χ0n) is 13.7. The monoisotopic (exact) mass is 340 g/mol. The van der Waals surface area contributed by atoms with Gasteiger partial charge in [0.1, 0.15) is 16.4 Å². The second-order valence-electron chi connectivity index (χ2n) is 6.50. The Balaban J connectivity index is 2.01. The first-order chi connectivity index (χ1) is 10.7. The van der Waals surface area contributed by atoms with Gasteiger partial charge >= 0.3 is 6.09 Å². The molecule has 1 aromatic rings. The third-order valence-corrected chi connectivity index (χ3v) is 3.55. The average Bonchev–Trinajstić information content (AvgIpc) is 2.44. The number of carbonyl (C=O) groups excluding carboxylic acids is 2. The van der Waals surface area contributed by atoms with Crippen molar-refractivity contribution >= 4 is 23.6 Å². The van der Waals surface area contributed by atoms with Gasteiger partial charge in [0.05, 0.1) is 12.4 Å². The molecule has 8 heteroatoms. The molecule has 23 heavy (non-hydrogen) atoms. The van der Waals surface area contributed by atoms with Crippen molar-refractivity contribution < 1.29 is 14.3 Å². The van der Waals surface area contributed by atoms with E-state index in [4.69, 9.17) is 16.3 Å². The second kappa shape index (κ2) is 6.70. The summed E-state index contributed by atoms with van der Waals surface area (Å²) >= 11 is 5.77. The summed E-state index contributed by atoms with van der Waals surface area (Å²) in [7, 11) is 0. The fraction of sp³-hybridized carbons (Fsp3) is 0.600. The summed E-state index contributed by atoms with van der Waals surface area (Å²) in [4.78, 5) is 35.7. The van der Waals surface area contributed by atoms with Crippen molar-refractivity contribution in [2.75, 3.05) is 19.6 Å². The fourth-order valence-corrected chi connectivity index (χ4v) is 2.49. The van der Waals surface area contributed by atoms with Gasteiger partial charge in [0, 0.05) is 25.7 Å². The lowest BCUT2D eigenvalue weighted by Gasteiger charge is -2.40. The first kappa shape index (κ1) is 17.5. The van der Waals surface area contributed by atoms with E-state index in [1.165, 1.54) is 12.4 Å². The summed E-state index contributed by atoms with van der Waals surface area (Å²) in [6.45, 7) is 8.60. The summed E-state index contributed by atoms with van der Waals surface area (Å²) in [6, 6.07) is -0.144. The van der Waals surface area contributed by atoms with Crippen LogP contribution in [-0.2, 0) is 4.74 Å². The van der Waals surface area contributed by atoms with Crippen LogP contribution in [0.3, 0.4) is 0 Å². The van der Waals surface area contributed by atoms with Crippen LogP contribution in [0.2, 0.25) is 5.15 Å². The van der Waals surface area contributed by atoms with Crippen molar-refractivity contribution in [1.29, 1.82) is 0 Å². The lowest BCUT2D eigenvalue weighted by Crippen LogP contribution is -2.56. The van der Waals surface area contributed by atoms with Crippen molar-refractivity contribution in [2.24, 2.45) is 0 Å². The largest absolute Gasteiger partial charge is 0.444 e. The highest BCUT2D eigenvalue weighted by Gasteiger charge is 2.33. The van der Waals surface area contributed by atoms with Crippen LogP contribution in [0, 0.1) is 0 Å². The lowest BCUT2D eigenvalue weighted by atomic mass is 10.2. The molecule has 1 atom stereocenters. The lowest BCUT2D eigenvalue weighted by molar-refractivity contribution is 0.00189. The molecular formula is C15H21ClN4O3. The van der Waals surface area contributed by atoms with E-state index in [0.717, 1.165) is 0 Å². The highest BCUT2D eigenvalue weighted by molar-refractivity contribution is 6.29. The molecule has 1 aliphatic heterocycles. The molecule has 0 spiro atoms. The average molecular weight is 341 g/mol. The van der Waals surface area contributed by atoms with E-state index in [1.54, 1.807) is 9.80 Å². The minimum absolute atomic E-state index is 0.144. The van der Waals surface area contributed by atoms with Crippen molar-refractivity contribution in [1.82, 2.24) is 19.8 Å². The number of amides is 2. The van der Waals surface area contributed by atoms with Crippen LogP contribution in [-0.4, -0.2) is 63.0 Å². The zero-order valence-corrected chi connectivity index (χ0v) is 14.5. The Labute approximate surface area is 140 Å². The molecule has 2 heterocycles. The number of hydrogen-bond donors (Lipinski definition) is 0. The Morgan fingerprint density at radius 1 is 1.30 bits per heavy atom. The molecule has 0 aliphatic carbocycles. The molecule has 1 saturated heterocycles. The predicted molar refractivity (Wildman–Crippen MR) is 85.3 cm³/mol. The Morgan fingerprint density at radius 3 is 2.57 bits per heavy atom. The molecule has 2 amide bonds. The van der Waals surface area contributed by atoms with Gasteiger partial charge in [0.25, 0.3) is 5.91 Å². The third-order valence-electron chi connectivity index (χ3n) is 3.37. The van der Waals surface area contributed by atoms with E-state index in [1.807, 2.05) is 27.7 Å². The highest BCUT2D eigenvalue weighted by atomic mass is 35.5. The van der Waals surface area contributed by atoms with Gasteiger partial charge < -0.3 is 14.5 Å². The van der Waals surface area contributed by atoms with Crippen LogP contribution in [0.15, 0.2) is 12.4 Å². The van der Waals surface area contributed by atoms with Crippen LogP contribution in [0.1, 0.15) is 38.2 Å². The maximum atomic E-state index is 12.4. The number of halogens is 1. The molecule has 2 rings (SSSR count). The number of carbonyl (C=O) groups is 2. The minimum atomic E-state index is -0.542. The molecule has 1 aliphatic rings. The number of piperazine rings is 1. The quantitative estimate of drug-likeness (QED) is 0.783. The number of nitrogens with zero attached hydrogens (tertiary/aromatic N) is 4. The molecule has 0 aromatic carbocycles. The van der Waals surface area contributed by atoms with Crippen molar-refractivity contribution in [2.45, 2.75) is 39.3 Å². The van der Waals surface area contributed by atoms with Gasteiger partial charge in [-0.2, -0.15) is 0 Å². The molecule has 1 aromatic heterocycles. The van der Waals surface area contributed by atoms with Gasteiger partial charge in [-0.25, -0.2) is 9.78 Å². The van der Waals surface area contributed by atoms with E-state index < -0.39 is 5.60 Å². The van der Waals surface area contributed by atoms with E-state index in [-0.39, 0.29) is 28.9 Å². The van der Waals surface area contributed by atoms with Gasteiger partial charge in [-0.15, -0.1) is 0 Å². The van der Waals surface area contributed by atoms with Gasteiger partial charge in [-0.3, -0.25) is 9.78 Å². The first-order valence-corrected chi connectivity index (χ1v) is 7.81. The van der Waals surface area contributed by atoms with Crippen molar-refractivity contribution in [3.8, 4) is 0 Å². The highest BCUT2D eigenvalue weighted by Crippen LogP contribution is 2.17. The maximum absolute atomic E-state index is 12.4. The smallest absolute Gasteiger partial charge is 0.410 e. The van der Waals surface area contributed by atoms with Crippen molar-refractivity contribution in [3.63, 3.8) is 0 Å². The molecule has 0 N–H and O–H groups in total. The Morgan fingerprint density at radius 2 is 2.00 bits per heavy atom. The van der Waals surface area contributed by atoms with Gasteiger partial charge in [0.2, 0.25) is 0 Å². The number of hydrogen-bond acceptors (Lipinski definition) is 5. The van der Waals surface area contributed by atoms with Crippen LogP contribution in [0.4, 0.5) is 4.79 Å². The summed E-state index contributed by atoms with van der Waals surface area (Å²) in [5, 5.41) is 0.177. The van der Waals surface area contributed by atoms with Crippen molar-refractivity contribution in [3.05, 3.63) is 23.2 Å². The van der Waals surface area contributed by atoms with Gasteiger partial charge in [-0.1, -0.05) is 11.6 Å². The maximum Gasteiger partial charge on any atom is 0.410 e.